The molecular weight excluding hydrogens is 259 g/mol. The lowest BCUT2D eigenvalue weighted by molar-refractivity contribution is 0.291. The molecule has 15 heavy (non-hydrogen) atoms. The molecule has 0 radical (unpaired) electrons. The van der Waals surface area contributed by atoms with Gasteiger partial charge in [-0.05, 0) is 41.3 Å². The van der Waals surface area contributed by atoms with Crippen LogP contribution in [0.2, 0.25) is 0 Å². The van der Waals surface area contributed by atoms with Crippen molar-refractivity contribution in [1.82, 2.24) is 0 Å². The summed E-state index contributed by atoms with van der Waals surface area (Å²) >= 11 is 3.21. The highest BCUT2D eigenvalue weighted by atomic mass is 79.9. The highest BCUT2D eigenvalue weighted by Crippen LogP contribution is 2.42. The van der Waals surface area contributed by atoms with Gasteiger partial charge in [-0.3, -0.25) is 0 Å². The molecule has 1 saturated carbocycles. The molecule has 0 amide bonds. The number of hydrogen-bond acceptors (Lipinski definition) is 2. The Labute approximate surface area is 96.4 Å². The molecule has 80 valence electrons. The topological polar surface area (TPSA) is 24.1 Å². The third kappa shape index (κ3) is 1.42. The molecule has 3 rings (SSSR count). The van der Waals surface area contributed by atoms with Crippen LogP contribution in [-0.4, -0.2) is 12.1 Å². The minimum Gasteiger partial charge on any atom is -0.381 e. The molecule has 2 nitrogen and oxygen atoms in total. The van der Waals surface area contributed by atoms with E-state index in [0.717, 1.165) is 17.9 Å². The Bertz CT molecular complexity index is 415. The minimum atomic E-state index is -0.215. The molecule has 1 aliphatic heterocycles. The SMILES string of the molecule is Fc1cc2c(cc1Br)NC1(CCC1)CN2. The van der Waals surface area contributed by atoms with Crippen LogP contribution < -0.4 is 10.6 Å². The van der Waals surface area contributed by atoms with Crippen molar-refractivity contribution in [2.75, 3.05) is 17.2 Å². The molecule has 1 aliphatic carbocycles. The lowest BCUT2D eigenvalue weighted by atomic mass is 9.75. The van der Waals surface area contributed by atoms with E-state index in [2.05, 4.69) is 26.6 Å². The van der Waals surface area contributed by atoms with Crippen molar-refractivity contribution in [2.24, 2.45) is 0 Å². The average molecular weight is 271 g/mol. The van der Waals surface area contributed by atoms with Gasteiger partial charge in [0.25, 0.3) is 0 Å². The molecule has 0 atom stereocenters. The molecule has 0 aromatic heterocycles. The quantitative estimate of drug-likeness (QED) is 0.756. The first-order chi connectivity index (χ1) is 7.19. The maximum Gasteiger partial charge on any atom is 0.139 e. The van der Waals surface area contributed by atoms with Crippen LogP contribution in [0.1, 0.15) is 19.3 Å². The predicted molar refractivity (Wildman–Crippen MR) is 62.8 cm³/mol. The Kier molecular flexibility index (Phi) is 1.96. The molecule has 4 heteroatoms. The number of nitrogens with one attached hydrogen (secondary N) is 2. The summed E-state index contributed by atoms with van der Waals surface area (Å²) in [5.74, 6) is -0.215. The van der Waals surface area contributed by atoms with Crippen LogP contribution in [0.4, 0.5) is 15.8 Å². The fourth-order valence-corrected chi connectivity index (χ4v) is 2.64. The molecule has 0 saturated heterocycles. The summed E-state index contributed by atoms with van der Waals surface area (Å²) in [4.78, 5) is 0. The van der Waals surface area contributed by atoms with Crippen molar-refractivity contribution in [3.63, 3.8) is 0 Å². The zero-order chi connectivity index (χ0) is 10.5. The van der Waals surface area contributed by atoms with E-state index in [-0.39, 0.29) is 11.4 Å². The van der Waals surface area contributed by atoms with Gasteiger partial charge in [0.2, 0.25) is 0 Å². The van der Waals surface area contributed by atoms with E-state index in [9.17, 15) is 4.39 Å². The zero-order valence-electron chi connectivity index (χ0n) is 8.24. The van der Waals surface area contributed by atoms with E-state index in [1.165, 1.54) is 25.3 Å². The molecule has 0 bridgehead atoms. The molecule has 1 fully saturated rings. The van der Waals surface area contributed by atoms with Crippen LogP contribution in [0.3, 0.4) is 0 Å². The average Bonchev–Trinajstić information content (AvgIpc) is 2.17. The summed E-state index contributed by atoms with van der Waals surface area (Å²) < 4.78 is 13.8. The smallest absolute Gasteiger partial charge is 0.139 e. The van der Waals surface area contributed by atoms with Gasteiger partial charge >= 0.3 is 0 Å². The predicted octanol–water partition coefficient (Wildman–Crippen LogP) is 3.35. The first-order valence-electron chi connectivity index (χ1n) is 5.20. The Morgan fingerprint density at radius 1 is 1.27 bits per heavy atom. The second kappa shape index (κ2) is 3.11. The van der Waals surface area contributed by atoms with Crippen molar-refractivity contribution < 1.29 is 4.39 Å². The second-order valence-corrected chi connectivity index (χ2v) is 5.28. The van der Waals surface area contributed by atoms with Crippen molar-refractivity contribution in [3.05, 3.63) is 22.4 Å². The number of hydrogen-bond donors (Lipinski definition) is 2. The van der Waals surface area contributed by atoms with Crippen LogP contribution >= 0.6 is 15.9 Å². The number of anilines is 2. The fourth-order valence-electron chi connectivity index (χ4n) is 2.30. The van der Waals surface area contributed by atoms with Crippen LogP contribution in [0.5, 0.6) is 0 Å². The number of halogens is 2. The van der Waals surface area contributed by atoms with Gasteiger partial charge in [-0.2, -0.15) is 0 Å². The van der Waals surface area contributed by atoms with Crippen molar-refractivity contribution in [3.8, 4) is 0 Å². The summed E-state index contributed by atoms with van der Waals surface area (Å²) in [6.45, 7) is 0.904. The maximum atomic E-state index is 13.3. The van der Waals surface area contributed by atoms with Crippen LogP contribution in [0.25, 0.3) is 0 Å². The largest absolute Gasteiger partial charge is 0.381 e. The highest BCUT2D eigenvalue weighted by Gasteiger charge is 2.39. The van der Waals surface area contributed by atoms with E-state index in [0.29, 0.717) is 4.47 Å². The molecule has 1 spiro atoms. The second-order valence-electron chi connectivity index (χ2n) is 4.42. The first-order valence-corrected chi connectivity index (χ1v) is 5.99. The van der Waals surface area contributed by atoms with Crippen molar-refractivity contribution >= 4 is 27.3 Å². The Balaban J connectivity index is 1.98. The van der Waals surface area contributed by atoms with Crippen LogP contribution in [0.15, 0.2) is 16.6 Å². The Hall–Kier alpha value is -0.770. The van der Waals surface area contributed by atoms with Crippen molar-refractivity contribution in [1.29, 1.82) is 0 Å². The summed E-state index contributed by atoms with van der Waals surface area (Å²) in [5.41, 5.74) is 2.10. The molecule has 1 aromatic rings. The van der Waals surface area contributed by atoms with Crippen LogP contribution in [-0.2, 0) is 0 Å². The third-order valence-electron chi connectivity index (χ3n) is 3.39. The minimum absolute atomic E-state index is 0.215. The molecular formula is C11H12BrFN2. The van der Waals surface area contributed by atoms with E-state index < -0.39 is 0 Å². The van der Waals surface area contributed by atoms with E-state index in [4.69, 9.17) is 0 Å². The molecule has 1 aromatic carbocycles. The summed E-state index contributed by atoms with van der Waals surface area (Å²) in [7, 11) is 0. The van der Waals surface area contributed by atoms with Crippen LogP contribution in [0, 0.1) is 5.82 Å². The monoisotopic (exact) mass is 270 g/mol. The van der Waals surface area contributed by atoms with Gasteiger partial charge < -0.3 is 10.6 Å². The molecule has 1 heterocycles. The Morgan fingerprint density at radius 3 is 2.73 bits per heavy atom. The molecule has 2 aliphatic rings. The van der Waals surface area contributed by atoms with Gasteiger partial charge in [-0.1, -0.05) is 0 Å². The van der Waals surface area contributed by atoms with E-state index >= 15 is 0 Å². The van der Waals surface area contributed by atoms with Gasteiger partial charge in [0.1, 0.15) is 5.82 Å². The number of benzene rings is 1. The maximum absolute atomic E-state index is 13.3. The highest BCUT2D eigenvalue weighted by molar-refractivity contribution is 9.10. The summed E-state index contributed by atoms with van der Waals surface area (Å²) in [6, 6.07) is 3.36. The number of rotatable bonds is 0. The lowest BCUT2D eigenvalue weighted by Crippen LogP contribution is -2.52. The number of fused-ring (bicyclic) bond motifs is 1. The fraction of sp³-hybridized carbons (Fsp3) is 0.455. The molecule has 0 unspecified atom stereocenters. The standard InChI is InChI=1S/C11H12BrFN2/c12-7-4-10-9(5-8(7)13)14-6-11(15-10)2-1-3-11/h4-5,14-15H,1-3,6H2. The van der Waals surface area contributed by atoms with Crippen molar-refractivity contribution in [2.45, 2.75) is 24.8 Å². The van der Waals surface area contributed by atoms with Gasteiger partial charge in [0.15, 0.2) is 0 Å². The lowest BCUT2D eigenvalue weighted by Gasteiger charge is -2.47. The van der Waals surface area contributed by atoms with Gasteiger partial charge in [0.05, 0.1) is 21.4 Å². The van der Waals surface area contributed by atoms with Gasteiger partial charge in [0, 0.05) is 12.6 Å². The zero-order valence-corrected chi connectivity index (χ0v) is 9.83. The van der Waals surface area contributed by atoms with Gasteiger partial charge in [-0.15, -0.1) is 0 Å². The normalized spacial score (nSPS) is 21.2. The summed E-state index contributed by atoms with van der Waals surface area (Å²) in [6.07, 6.45) is 3.69. The molecule has 2 N–H and O–H groups in total. The van der Waals surface area contributed by atoms with E-state index in [1.807, 2.05) is 6.07 Å². The Morgan fingerprint density at radius 2 is 2.07 bits per heavy atom. The summed E-state index contributed by atoms with van der Waals surface area (Å²) in [5, 5.41) is 6.82. The van der Waals surface area contributed by atoms with Gasteiger partial charge in [-0.25, -0.2) is 4.39 Å². The first kappa shape index (κ1) is 9.46. The third-order valence-corrected chi connectivity index (χ3v) is 4.00. The van der Waals surface area contributed by atoms with E-state index in [1.54, 1.807) is 0 Å².